The molecule has 0 spiro atoms. The van der Waals surface area contributed by atoms with E-state index in [9.17, 15) is 9.18 Å². The van der Waals surface area contributed by atoms with Gasteiger partial charge in [-0.3, -0.25) is 4.79 Å². The number of aliphatic carboxylic acids is 1. The van der Waals surface area contributed by atoms with E-state index in [4.69, 9.17) is 16.7 Å². The zero-order valence-corrected chi connectivity index (χ0v) is 11.0. The van der Waals surface area contributed by atoms with Crippen molar-refractivity contribution in [3.8, 4) is 11.1 Å². The van der Waals surface area contributed by atoms with E-state index in [-0.39, 0.29) is 0 Å². The normalized spacial score (nSPS) is 12.2. The molecule has 98 valence electrons. The zero-order valence-electron chi connectivity index (χ0n) is 10.2. The molecule has 0 aliphatic heterocycles. The number of halogens is 2. The molecule has 1 N–H and O–H groups in total. The lowest BCUT2D eigenvalue weighted by molar-refractivity contribution is -0.138. The van der Waals surface area contributed by atoms with Crippen LogP contribution in [0.3, 0.4) is 0 Å². The molecular weight excluding hydrogens is 267 g/mol. The molecular formula is C15H12ClFO2. The SMILES string of the molecule is CC(C(=O)O)c1cc(F)cc(-c2ccc(Cl)cc2)c1. The fourth-order valence-electron chi connectivity index (χ4n) is 1.81. The van der Waals surface area contributed by atoms with E-state index in [1.165, 1.54) is 19.1 Å². The van der Waals surface area contributed by atoms with Crippen molar-refractivity contribution >= 4 is 17.6 Å². The number of hydrogen-bond donors (Lipinski definition) is 1. The van der Waals surface area contributed by atoms with Crippen molar-refractivity contribution in [2.75, 3.05) is 0 Å². The van der Waals surface area contributed by atoms with Gasteiger partial charge < -0.3 is 5.11 Å². The minimum absolute atomic E-state index is 0.442. The standard InChI is InChI=1S/C15H12ClFO2/c1-9(15(18)19)11-6-12(8-14(17)7-11)10-2-4-13(16)5-3-10/h2-9H,1H3,(H,18,19). The van der Waals surface area contributed by atoms with Gasteiger partial charge in [0.15, 0.2) is 0 Å². The molecule has 2 nitrogen and oxygen atoms in total. The summed E-state index contributed by atoms with van der Waals surface area (Å²) in [4.78, 5) is 11.0. The molecule has 0 fully saturated rings. The van der Waals surface area contributed by atoms with Gasteiger partial charge in [-0.2, -0.15) is 0 Å². The lowest BCUT2D eigenvalue weighted by Gasteiger charge is -2.10. The average Bonchev–Trinajstić information content (AvgIpc) is 2.37. The first-order valence-corrected chi connectivity index (χ1v) is 6.14. The Morgan fingerprint density at radius 1 is 1.16 bits per heavy atom. The summed E-state index contributed by atoms with van der Waals surface area (Å²) in [6, 6.07) is 11.3. The van der Waals surface area contributed by atoms with Gasteiger partial charge in [0.1, 0.15) is 5.82 Å². The summed E-state index contributed by atoms with van der Waals surface area (Å²) in [7, 11) is 0. The minimum atomic E-state index is -0.979. The molecule has 2 aromatic rings. The Hall–Kier alpha value is -1.87. The van der Waals surface area contributed by atoms with Crippen molar-refractivity contribution in [3.05, 3.63) is 58.9 Å². The lowest BCUT2D eigenvalue weighted by atomic mass is 9.96. The molecule has 0 radical (unpaired) electrons. The third-order valence-corrected chi connectivity index (χ3v) is 3.22. The Morgan fingerprint density at radius 3 is 2.37 bits per heavy atom. The molecule has 2 aromatic carbocycles. The predicted molar refractivity (Wildman–Crippen MR) is 72.9 cm³/mol. The van der Waals surface area contributed by atoms with Crippen molar-refractivity contribution in [1.82, 2.24) is 0 Å². The van der Waals surface area contributed by atoms with E-state index in [2.05, 4.69) is 0 Å². The molecule has 0 amide bonds. The highest BCUT2D eigenvalue weighted by Gasteiger charge is 2.15. The van der Waals surface area contributed by atoms with E-state index in [1.54, 1.807) is 30.3 Å². The Kier molecular flexibility index (Phi) is 3.86. The van der Waals surface area contributed by atoms with Crippen LogP contribution in [0, 0.1) is 5.82 Å². The summed E-state index contributed by atoms with van der Waals surface area (Å²) in [5.41, 5.74) is 1.87. The molecule has 0 heterocycles. The molecule has 0 saturated carbocycles. The van der Waals surface area contributed by atoms with Crippen molar-refractivity contribution in [2.24, 2.45) is 0 Å². The number of carboxylic acids is 1. The number of hydrogen-bond acceptors (Lipinski definition) is 1. The van der Waals surface area contributed by atoms with Crippen molar-refractivity contribution < 1.29 is 14.3 Å². The van der Waals surface area contributed by atoms with Gasteiger partial charge in [0.05, 0.1) is 5.92 Å². The first-order valence-electron chi connectivity index (χ1n) is 5.76. The molecule has 19 heavy (non-hydrogen) atoms. The molecule has 4 heteroatoms. The van der Waals surface area contributed by atoms with Crippen LogP contribution in [0.25, 0.3) is 11.1 Å². The first kappa shape index (κ1) is 13.6. The molecule has 0 saturated heterocycles. The van der Waals surface area contributed by atoms with Crippen LogP contribution in [0.2, 0.25) is 5.02 Å². The third kappa shape index (κ3) is 3.12. The maximum Gasteiger partial charge on any atom is 0.310 e. The molecule has 1 atom stereocenters. The van der Waals surface area contributed by atoms with Crippen LogP contribution in [0.5, 0.6) is 0 Å². The Labute approximate surface area is 115 Å². The molecule has 2 rings (SSSR count). The Morgan fingerprint density at radius 2 is 1.79 bits per heavy atom. The second-order valence-electron chi connectivity index (χ2n) is 4.34. The van der Waals surface area contributed by atoms with Crippen LogP contribution < -0.4 is 0 Å². The molecule has 0 bridgehead atoms. The van der Waals surface area contributed by atoms with Crippen molar-refractivity contribution in [1.29, 1.82) is 0 Å². The van der Waals surface area contributed by atoms with Crippen molar-refractivity contribution in [2.45, 2.75) is 12.8 Å². The highest BCUT2D eigenvalue weighted by molar-refractivity contribution is 6.30. The van der Waals surface area contributed by atoms with Crippen molar-refractivity contribution in [3.63, 3.8) is 0 Å². The van der Waals surface area contributed by atoms with Crippen LogP contribution in [-0.2, 0) is 4.79 Å². The lowest BCUT2D eigenvalue weighted by Crippen LogP contribution is -2.07. The predicted octanol–water partition coefficient (Wildman–Crippen LogP) is 4.33. The summed E-state index contributed by atoms with van der Waals surface area (Å²) in [5.74, 6) is -2.18. The largest absolute Gasteiger partial charge is 0.481 e. The topological polar surface area (TPSA) is 37.3 Å². The van der Waals surface area contributed by atoms with Gasteiger partial charge >= 0.3 is 5.97 Å². The van der Waals surface area contributed by atoms with Gasteiger partial charge in [0, 0.05) is 5.02 Å². The van der Waals surface area contributed by atoms with E-state index in [0.29, 0.717) is 16.1 Å². The molecule has 1 unspecified atom stereocenters. The Balaban J connectivity index is 2.47. The zero-order chi connectivity index (χ0) is 14.0. The Bertz CT molecular complexity index is 608. The molecule has 0 aromatic heterocycles. The van der Waals surface area contributed by atoms with E-state index >= 15 is 0 Å². The van der Waals surface area contributed by atoms with E-state index in [0.717, 1.165) is 5.56 Å². The summed E-state index contributed by atoms with van der Waals surface area (Å²) in [6.45, 7) is 1.53. The second-order valence-corrected chi connectivity index (χ2v) is 4.78. The third-order valence-electron chi connectivity index (χ3n) is 2.97. The van der Waals surface area contributed by atoms with Crippen LogP contribution >= 0.6 is 11.6 Å². The first-order chi connectivity index (χ1) is 8.97. The summed E-state index contributed by atoms with van der Waals surface area (Å²) >= 11 is 5.80. The number of carboxylic acid groups (broad SMARTS) is 1. The minimum Gasteiger partial charge on any atom is -0.481 e. The van der Waals surface area contributed by atoms with Gasteiger partial charge in [-0.25, -0.2) is 4.39 Å². The smallest absolute Gasteiger partial charge is 0.310 e. The van der Waals surface area contributed by atoms with E-state index in [1.807, 2.05) is 0 Å². The second kappa shape index (κ2) is 5.41. The summed E-state index contributed by atoms with van der Waals surface area (Å²) in [5, 5.41) is 9.58. The fraction of sp³-hybridized carbons (Fsp3) is 0.133. The quantitative estimate of drug-likeness (QED) is 0.907. The number of carbonyl (C=O) groups is 1. The van der Waals surface area contributed by atoms with Gasteiger partial charge in [-0.15, -0.1) is 0 Å². The van der Waals surface area contributed by atoms with Crippen LogP contribution in [0.4, 0.5) is 4.39 Å². The average molecular weight is 279 g/mol. The maximum absolute atomic E-state index is 13.6. The molecule has 0 aliphatic carbocycles. The maximum atomic E-state index is 13.6. The van der Waals surface area contributed by atoms with Crippen LogP contribution in [-0.4, -0.2) is 11.1 Å². The van der Waals surface area contributed by atoms with Gasteiger partial charge in [-0.1, -0.05) is 29.8 Å². The highest BCUT2D eigenvalue weighted by atomic mass is 35.5. The van der Waals surface area contributed by atoms with E-state index < -0.39 is 17.7 Å². The summed E-state index contributed by atoms with van der Waals surface area (Å²) < 4.78 is 13.6. The summed E-state index contributed by atoms with van der Waals surface area (Å²) in [6.07, 6.45) is 0. The van der Waals surface area contributed by atoms with Crippen LogP contribution in [0.15, 0.2) is 42.5 Å². The highest BCUT2D eigenvalue weighted by Crippen LogP contribution is 2.26. The number of benzene rings is 2. The van der Waals surface area contributed by atoms with Gasteiger partial charge in [0.2, 0.25) is 0 Å². The fourth-order valence-corrected chi connectivity index (χ4v) is 1.94. The molecule has 0 aliphatic rings. The van der Waals surface area contributed by atoms with Gasteiger partial charge in [-0.05, 0) is 47.9 Å². The van der Waals surface area contributed by atoms with Gasteiger partial charge in [0.25, 0.3) is 0 Å². The number of rotatable bonds is 3. The monoisotopic (exact) mass is 278 g/mol. The van der Waals surface area contributed by atoms with Crippen LogP contribution in [0.1, 0.15) is 18.4 Å².